The van der Waals surface area contributed by atoms with Gasteiger partial charge in [-0.15, -0.1) is 11.3 Å². The third kappa shape index (κ3) is 4.90. The van der Waals surface area contributed by atoms with Gasteiger partial charge in [-0.2, -0.15) is 0 Å². The minimum absolute atomic E-state index is 0.790. The van der Waals surface area contributed by atoms with Crippen LogP contribution in [0.5, 0.6) is 11.5 Å². The van der Waals surface area contributed by atoms with Crippen LogP contribution in [0.15, 0.2) is 186 Å². The lowest BCUT2D eigenvalue weighted by Gasteiger charge is -2.34. The van der Waals surface area contributed by atoms with Gasteiger partial charge in [0.25, 0.3) is 0 Å². The van der Waals surface area contributed by atoms with Crippen LogP contribution < -0.4 is 14.5 Å². The molecule has 0 amide bonds. The van der Waals surface area contributed by atoms with Crippen LogP contribution in [0.2, 0.25) is 0 Å². The standard InChI is InChI=1S/C48H30N2O2S/c1-2-10-31(11-3-1)32-18-20-33(21-19-32)49(34-24-27-44-40(28-34)37-12-4-7-15-43(37)51-44)35-23-26-42-46(29-35)52-45-16-8-6-14-41(45)50(42)36-22-25-39-38-13-5-9-17-47(38)53-48(39)30-36/h1-30H. The Morgan fingerprint density at radius 3 is 1.98 bits per heavy atom. The number of fused-ring (bicyclic) bond motifs is 8. The molecule has 0 unspecified atom stereocenters. The minimum atomic E-state index is 0.790. The molecular formula is C48H30N2O2S. The fourth-order valence-electron chi connectivity index (χ4n) is 7.75. The van der Waals surface area contributed by atoms with Crippen LogP contribution >= 0.6 is 11.3 Å². The van der Waals surface area contributed by atoms with Gasteiger partial charge in [0, 0.05) is 59.8 Å². The smallest absolute Gasteiger partial charge is 0.153 e. The number of hydrogen-bond donors (Lipinski definition) is 0. The van der Waals surface area contributed by atoms with Crippen LogP contribution in [0.3, 0.4) is 0 Å². The van der Waals surface area contributed by atoms with Crippen molar-refractivity contribution >= 4 is 87.6 Å². The fraction of sp³-hybridized carbons (Fsp3) is 0. The number of hydrogen-bond acceptors (Lipinski definition) is 5. The van der Waals surface area contributed by atoms with E-state index in [9.17, 15) is 0 Å². The van der Waals surface area contributed by atoms with E-state index in [2.05, 4.69) is 168 Å². The van der Waals surface area contributed by atoms with E-state index in [0.717, 1.165) is 67.6 Å². The predicted molar refractivity (Wildman–Crippen MR) is 221 cm³/mol. The van der Waals surface area contributed by atoms with E-state index in [1.54, 1.807) is 0 Å². The summed E-state index contributed by atoms with van der Waals surface area (Å²) >= 11 is 1.83. The Hall–Kier alpha value is -6.82. The average molecular weight is 699 g/mol. The van der Waals surface area contributed by atoms with E-state index < -0.39 is 0 Å². The van der Waals surface area contributed by atoms with Crippen molar-refractivity contribution in [2.24, 2.45) is 0 Å². The molecule has 0 spiro atoms. The molecule has 2 aromatic heterocycles. The predicted octanol–water partition coefficient (Wildman–Crippen LogP) is 14.7. The molecule has 11 rings (SSSR count). The highest BCUT2D eigenvalue weighted by molar-refractivity contribution is 7.25. The van der Waals surface area contributed by atoms with Crippen molar-refractivity contribution in [1.29, 1.82) is 0 Å². The first-order valence-corrected chi connectivity index (χ1v) is 18.6. The van der Waals surface area contributed by atoms with Crippen molar-refractivity contribution < 1.29 is 9.15 Å². The first-order chi connectivity index (χ1) is 26.2. The van der Waals surface area contributed by atoms with Crippen molar-refractivity contribution in [2.45, 2.75) is 0 Å². The largest absolute Gasteiger partial charge is 0.456 e. The molecule has 1 aliphatic heterocycles. The minimum Gasteiger partial charge on any atom is -0.456 e. The van der Waals surface area contributed by atoms with Crippen molar-refractivity contribution in [3.8, 4) is 22.6 Å². The summed E-state index contributed by atoms with van der Waals surface area (Å²) in [6.45, 7) is 0. The molecule has 10 aromatic rings. The summed E-state index contributed by atoms with van der Waals surface area (Å²) < 4.78 is 15.5. The zero-order valence-electron chi connectivity index (χ0n) is 28.4. The summed E-state index contributed by atoms with van der Waals surface area (Å²) in [6, 6.07) is 64.2. The van der Waals surface area contributed by atoms with E-state index >= 15 is 0 Å². The number of para-hydroxylation sites is 3. The second kappa shape index (κ2) is 11.9. The molecule has 0 fully saturated rings. The molecule has 250 valence electrons. The van der Waals surface area contributed by atoms with Gasteiger partial charge in [-0.05, 0) is 90.0 Å². The molecule has 3 heterocycles. The number of nitrogens with zero attached hydrogens (tertiary/aromatic N) is 2. The Morgan fingerprint density at radius 2 is 1.08 bits per heavy atom. The van der Waals surface area contributed by atoms with Gasteiger partial charge in [0.05, 0.1) is 11.4 Å². The summed E-state index contributed by atoms with van der Waals surface area (Å²) in [5.41, 5.74) is 10.3. The fourth-order valence-corrected chi connectivity index (χ4v) is 8.89. The molecule has 8 aromatic carbocycles. The second-order valence-corrected chi connectivity index (χ2v) is 14.4. The number of anilines is 6. The van der Waals surface area contributed by atoms with E-state index in [4.69, 9.17) is 9.15 Å². The summed E-state index contributed by atoms with van der Waals surface area (Å²) in [7, 11) is 0. The lowest BCUT2D eigenvalue weighted by Crippen LogP contribution is -2.16. The van der Waals surface area contributed by atoms with Crippen LogP contribution in [-0.2, 0) is 0 Å². The second-order valence-electron chi connectivity index (χ2n) is 13.4. The monoisotopic (exact) mass is 698 g/mol. The highest BCUT2D eigenvalue weighted by atomic mass is 32.1. The third-order valence-electron chi connectivity index (χ3n) is 10.2. The highest BCUT2D eigenvalue weighted by Crippen LogP contribution is 2.53. The molecule has 4 nitrogen and oxygen atoms in total. The number of ether oxygens (including phenoxy) is 1. The van der Waals surface area contributed by atoms with Gasteiger partial charge >= 0.3 is 0 Å². The van der Waals surface area contributed by atoms with Gasteiger partial charge in [-0.25, -0.2) is 0 Å². The van der Waals surface area contributed by atoms with Crippen LogP contribution in [0.1, 0.15) is 0 Å². The van der Waals surface area contributed by atoms with Gasteiger partial charge in [-0.3, -0.25) is 0 Å². The molecule has 0 saturated carbocycles. The lowest BCUT2D eigenvalue weighted by molar-refractivity contribution is 0.477. The third-order valence-corrected chi connectivity index (χ3v) is 11.4. The van der Waals surface area contributed by atoms with E-state index in [-0.39, 0.29) is 0 Å². The summed E-state index contributed by atoms with van der Waals surface area (Å²) in [5, 5.41) is 4.75. The van der Waals surface area contributed by atoms with E-state index in [1.165, 1.54) is 31.3 Å². The Labute approximate surface area is 310 Å². The van der Waals surface area contributed by atoms with Crippen molar-refractivity contribution in [3.63, 3.8) is 0 Å². The Morgan fingerprint density at radius 1 is 0.415 bits per heavy atom. The Balaban J connectivity index is 1.07. The molecule has 0 atom stereocenters. The Kier molecular flexibility index (Phi) is 6.69. The summed E-state index contributed by atoms with van der Waals surface area (Å²) in [5.74, 6) is 1.61. The zero-order valence-corrected chi connectivity index (χ0v) is 29.3. The number of thiophene rings is 1. The maximum Gasteiger partial charge on any atom is 0.153 e. The van der Waals surface area contributed by atoms with Gasteiger partial charge in [0.2, 0.25) is 0 Å². The summed E-state index contributed by atoms with van der Waals surface area (Å²) in [6.07, 6.45) is 0. The zero-order chi connectivity index (χ0) is 34.9. The maximum absolute atomic E-state index is 6.74. The van der Waals surface area contributed by atoms with Gasteiger partial charge in [-0.1, -0.05) is 97.1 Å². The Bertz CT molecular complexity index is 3000. The van der Waals surface area contributed by atoms with E-state index in [0.29, 0.717) is 0 Å². The number of rotatable bonds is 5. The molecule has 0 radical (unpaired) electrons. The van der Waals surface area contributed by atoms with Crippen LogP contribution in [0, 0.1) is 0 Å². The van der Waals surface area contributed by atoms with Crippen LogP contribution in [0.4, 0.5) is 34.1 Å². The van der Waals surface area contributed by atoms with Crippen molar-refractivity contribution in [1.82, 2.24) is 0 Å². The molecule has 53 heavy (non-hydrogen) atoms. The maximum atomic E-state index is 6.74. The quantitative estimate of drug-likeness (QED) is 0.179. The number of benzene rings is 8. The molecule has 0 saturated heterocycles. The van der Waals surface area contributed by atoms with E-state index in [1.807, 2.05) is 35.6 Å². The van der Waals surface area contributed by atoms with Gasteiger partial charge in [0.1, 0.15) is 11.2 Å². The first kappa shape index (κ1) is 29.9. The van der Waals surface area contributed by atoms with Gasteiger partial charge < -0.3 is 19.0 Å². The topological polar surface area (TPSA) is 28.9 Å². The van der Waals surface area contributed by atoms with Crippen molar-refractivity contribution in [2.75, 3.05) is 9.80 Å². The van der Waals surface area contributed by atoms with Gasteiger partial charge in [0.15, 0.2) is 11.5 Å². The molecule has 1 aliphatic rings. The molecule has 5 heteroatoms. The average Bonchev–Trinajstić information content (AvgIpc) is 3.78. The molecule has 0 bridgehead atoms. The van der Waals surface area contributed by atoms with Crippen LogP contribution in [0.25, 0.3) is 53.2 Å². The molecular weight excluding hydrogens is 669 g/mol. The first-order valence-electron chi connectivity index (χ1n) is 17.7. The summed E-state index contributed by atoms with van der Waals surface area (Å²) in [4.78, 5) is 4.62. The molecule has 0 N–H and O–H groups in total. The highest BCUT2D eigenvalue weighted by Gasteiger charge is 2.28. The normalized spacial score (nSPS) is 12.3. The van der Waals surface area contributed by atoms with Crippen molar-refractivity contribution in [3.05, 3.63) is 182 Å². The number of furan rings is 1. The van der Waals surface area contributed by atoms with Crippen LogP contribution in [-0.4, -0.2) is 0 Å². The molecule has 0 aliphatic carbocycles. The lowest BCUT2D eigenvalue weighted by atomic mass is 10.0. The SMILES string of the molecule is c1ccc(-c2ccc(N(c3ccc4c(c3)Oc3ccccc3N4c3ccc4c(c3)sc3ccccc34)c3ccc4oc5ccccc5c4c3)cc2)cc1.